The van der Waals surface area contributed by atoms with E-state index in [-0.39, 0.29) is 11.5 Å². The second kappa shape index (κ2) is 7.79. The number of anilines is 1. The molecular weight excluding hydrogens is 366 g/mol. The zero-order valence-corrected chi connectivity index (χ0v) is 15.8. The number of carbonyl (C=O) groups excluding carboxylic acids is 1. The fourth-order valence-corrected chi connectivity index (χ4v) is 3.69. The van der Waals surface area contributed by atoms with Crippen LogP contribution in [0.1, 0.15) is 27.3 Å². The molecule has 0 N–H and O–H groups in total. The Kier molecular flexibility index (Phi) is 5.21. The number of benzene rings is 1. The molecule has 1 fully saturated rings. The first-order valence-electron chi connectivity index (χ1n) is 9.46. The van der Waals surface area contributed by atoms with E-state index in [9.17, 15) is 13.6 Å². The molecule has 1 aromatic carbocycles. The molecule has 0 bridgehead atoms. The molecule has 2 aliphatic heterocycles. The summed E-state index contributed by atoms with van der Waals surface area (Å²) >= 11 is 0. The van der Waals surface area contributed by atoms with Crippen molar-refractivity contribution in [3.63, 3.8) is 0 Å². The zero-order chi connectivity index (χ0) is 19.7. The second-order valence-corrected chi connectivity index (χ2v) is 7.05. The lowest BCUT2D eigenvalue weighted by Crippen LogP contribution is -2.37. The number of hydrogen-bond acceptors (Lipinski definition) is 5. The Balaban J connectivity index is 1.53. The fourth-order valence-electron chi connectivity index (χ4n) is 3.69. The van der Waals surface area contributed by atoms with Gasteiger partial charge in [0.05, 0.1) is 18.9 Å². The van der Waals surface area contributed by atoms with E-state index in [0.717, 1.165) is 42.2 Å². The number of carbonyl (C=O) groups is 1. The predicted molar refractivity (Wildman–Crippen MR) is 99.5 cm³/mol. The first kappa shape index (κ1) is 18.7. The topological polar surface area (TPSA) is 58.6 Å². The average molecular weight is 388 g/mol. The first-order chi connectivity index (χ1) is 13.5. The molecule has 4 rings (SSSR count). The average Bonchev–Trinajstić information content (AvgIpc) is 2.93. The molecule has 148 valence electrons. The lowest BCUT2D eigenvalue weighted by atomic mass is 10.1. The highest BCUT2D eigenvalue weighted by Crippen LogP contribution is 2.22. The Morgan fingerprint density at radius 1 is 1.04 bits per heavy atom. The van der Waals surface area contributed by atoms with Crippen molar-refractivity contribution in [1.82, 2.24) is 14.9 Å². The summed E-state index contributed by atoms with van der Waals surface area (Å²) in [5, 5.41) is 0. The molecule has 0 radical (unpaired) electrons. The number of aryl methyl sites for hydroxylation is 1. The molecule has 2 aromatic rings. The largest absolute Gasteiger partial charge is 0.378 e. The second-order valence-electron chi connectivity index (χ2n) is 7.05. The van der Waals surface area contributed by atoms with Gasteiger partial charge in [-0.2, -0.15) is 0 Å². The Bertz CT molecular complexity index is 900. The van der Waals surface area contributed by atoms with Crippen LogP contribution in [0.2, 0.25) is 0 Å². The third-order valence-electron chi connectivity index (χ3n) is 5.29. The Morgan fingerprint density at radius 2 is 1.79 bits per heavy atom. The predicted octanol–water partition coefficient (Wildman–Crippen LogP) is 2.14. The van der Waals surface area contributed by atoms with Gasteiger partial charge >= 0.3 is 0 Å². The number of aromatic nitrogens is 2. The van der Waals surface area contributed by atoms with E-state index >= 15 is 0 Å². The lowest BCUT2D eigenvalue weighted by molar-refractivity contribution is 0.0762. The molecular formula is C20H22F2N4O2. The van der Waals surface area contributed by atoms with Crippen LogP contribution in [0.3, 0.4) is 0 Å². The van der Waals surface area contributed by atoms with Crippen LogP contribution in [0.4, 0.5) is 14.7 Å². The maximum atomic E-state index is 13.5. The highest BCUT2D eigenvalue weighted by atomic mass is 19.2. The first-order valence-corrected chi connectivity index (χ1v) is 9.46. The van der Waals surface area contributed by atoms with E-state index in [1.165, 1.54) is 6.07 Å². The molecule has 1 aromatic heterocycles. The zero-order valence-electron chi connectivity index (χ0n) is 15.8. The van der Waals surface area contributed by atoms with Crippen molar-refractivity contribution in [1.29, 1.82) is 0 Å². The SMILES string of the molecule is Cc1nc(N2CCOCC2)nc2c1CCN(C(=O)c1ccc(F)c(F)c1)CC2. The van der Waals surface area contributed by atoms with Crippen molar-refractivity contribution in [3.05, 3.63) is 52.3 Å². The smallest absolute Gasteiger partial charge is 0.253 e. The Morgan fingerprint density at radius 3 is 2.54 bits per heavy atom. The molecule has 0 saturated carbocycles. The standard InChI is InChI=1S/C20H22F2N4O2/c1-13-15-4-6-25(19(27)14-2-3-16(21)17(22)12-14)7-5-18(15)24-20(23-13)26-8-10-28-11-9-26/h2-3,12H,4-11H2,1H3. The number of amides is 1. The number of ether oxygens (including phenoxy) is 1. The lowest BCUT2D eigenvalue weighted by Gasteiger charge is -2.27. The molecule has 3 heterocycles. The van der Waals surface area contributed by atoms with E-state index in [1.807, 2.05) is 6.92 Å². The van der Waals surface area contributed by atoms with Crippen molar-refractivity contribution in [2.24, 2.45) is 0 Å². The van der Waals surface area contributed by atoms with Crippen LogP contribution in [0.15, 0.2) is 18.2 Å². The fraction of sp³-hybridized carbons (Fsp3) is 0.450. The van der Waals surface area contributed by atoms with Gasteiger partial charge in [-0.05, 0) is 37.1 Å². The summed E-state index contributed by atoms with van der Waals surface area (Å²) in [7, 11) is 0. The number of halogens is 2. The van der Waals surface area contributed by atoms with E-state index < -0.39 is 11.6 Å². The Hall–Kier alpha value is -2.61. The maximum absolute atomic E-state index is 13.5. The minimum Gasteiger partial charge on any atom is -0.378 e. The Labute approximate surface area is 162 Å². The van der Waals surface area contributed by atoms with Gasteiger partial charge in [0, 0.05) is 43.9 Å². The van der Waals surface area contributed by atoms with Crippen LogP contribution in [-0.4, -0.2) is 60.2 Å². The maximum Gasteiger partial charge on any atom is 0.253 e. The van der Waals surface area contributed by atoms with Gasteiger partial charge in [-0.15, -0.1) is 0 Å². The van der Waals surface area contributed by atoms with Crippen molar-refractivity contribution >= 4 is 11.9 Å². The molecule has 0 unspecified atom stereocenters. The number of hydrogen-bond donors (Lipinski definition) is 0. The van der Waals surface area contributed by atoms with Crippen LogP contribution < -0.4 is 4.90 Å². The van der Waals surface area contributed by atoms with Gasteiger partial charge in [0.15, 0.2) is 11.6 Å². The minimum atomic E-state index is -1.01. The third-order valence-corrected chi connectivity index (χ3v) is 5.29. The van der Waals surface area contributed by atoms with Gasteiger partial charge in [-0.1, -0.05) is 0 Å². The van der Waals surface area contributed by atoms with Crippen LogP contribution in [0, 0.1) is 18.6 Å². The monoisotopic (exact) mass is 388 g/mol. The van der Waals surface area contributed by atoms with Gasteiger partial charge < -0.3 is 14.5 Å². The molecule has 1 saturated heterocycles. The van der Waals surface area contributed by atoms with Crippen LogP contribution in [0.25, 0.3) is 0 Å². The molecule has 28 heavy (non-hydrogen) atoms. The summed E-state index contributed by atoms with van der Waals surface area (Å²) in [6.45, 7) is 5.79. The van der Waals surface area contributed by atoms with E-state index in [0.29, 0.717) is 45.1 Å². The van der Waals surface area contributed by atoms with Gasteiger partial charge in [0.2, 0.25) is 5.95 Å². The summed E-state index contributed by atoms with van der Waals surface area (Å²) in [6.07, 6.45) is 1.24. The number of fused-ring (bicyclic) bond motifs is 1. The normalized spacial score (nSPS) is 17.2. The molecule has 0 atom stereocenters. The number of nitrogens with zero attached hydrogens (tertiary/aromatic N) is 4. The third kappa shape index (κ3) is 3.69. The van der Waals surface area contributed by atoms with Crippen molar-refractivity contribution in [3.8, 4) is 0 Å². The van der Waals surface area contributed by atoms with Crippen molar-refractivity contribution in [2.75, 3.05) is 44.3 Å². The van der Waals surface area contributed by atoms with Gasteiger partial charge in [-0.25, -0.2) is 18.7 Å². The van der Waals surface area contributed by atoms with Gasteiger partial charge in [0.1, 0.15) is 0 Å². The molecule has 0 aliphatic carbocycles. The van der Waals surface area contributed by atoms with E-state index in [4.69, 9.17) is 9.72 Å². The number of morpholine rings is 1. The molecule has 1 amide bonds. The highest BCUT2D eigenvalue weighted by molar-refractivity contribution is 5.94. The summed E-state index contributed by atoms with van der Waals surface area (Å²) in [5.74, 6) is -1.56. The molecule has 2 aliphatic rings. The quantitative estimate of drug-likeness (QED) is 0.789. The summed E-state index contributed by atoms with van der Waals surface area (Å²) in [6, 6.07) is 3.26. The highest BCUT2D eigenvalue weighted by Gasteiger charge is 2.24. The van der Waals surface area contributed by atoms with Crippen molar-refractivity contribution in [2.45, 2.75) is 19.8 Å². The summed E-state index contributed by atoms with van der Waals surface area (Å²) < 4.78 is 32.0. The van der Waals surface area contributed by atoms with Crippen LogP contribution in [0.5, 0.6) is 0 Å². The van der Waals surface area contributed by atoms with E-state index in [1.54, 1.807) is 4.90 Å². The molecule has 0 spiro atoms. The minimum absolute atomic E-state index is 0.154. The molecule has 6 nitrogen and oxygen atoms in total. The van der Waals surface area contributed by atoms with Crippen LogP contribution >= 0.6 is 0 Å². The van der Waals surface area contributed by atoms with Crippen molar-refractivity contribution < 1.29 is 18.3 Å². The van der Waals surface area contributed by atoms with E-state index in [2.05, 4.69) is 9.88 Å². The van der Waals surface area contributed by atoms with Gasteiger partial charge in [0.25, 0.3) is 5.91 Å². The van der Waals surface area contributed by atoms with Crippen LogP contribution in [-0.2, 0) is 17.6 Å². The van der Waals surface area contributed by atoms with Gasteiger partial charge in [-0.3, -0.25) is 4.79 Å². The summed E-state index contributed by atoms with van der Waals surface area (Å²) in [4.78, 5) is 26.0. The molecule has 8 heteroatoms. The number of rotatable bonds is 2. The summed E-state index contributed by atoms with van der Waals surface area (Å²) in [5.41, 5.74) is 3.10.